The van der Waals surface area contributed by atoms with Gasteiger partial charge in [-0.1, -0.05) is 24.2 Å². The van der Waals surface area contributed by atoms with Gasteiger partial charge in [-0.2, -0.15) is 0 Å². The van der Waals surface area contributed by atoms with Crippen LogP contribution in [-0.2, 0) is 9.31 Å². The summed E-state index contributed by atoms with van der Waals surface area (Å²) in [6.07, 6.45) is 1.99. The van der Waals surface area contributed by atoms with E-state index in [-0.39, 0.29) is 18.3 Å². The van der Waals surface area contributed by atoms with Crippen LogP contribution >= 0.6 is 0 Å². The summed E-state index contributed by atoms with van der Waals surface area (Å²) in [5, 5.41) is 0. The van der Waals surface area contributed by atoms with E-state index < -0.39 is 0 Å². The van der Waals surface area contributed by atoms with Crippen LogP contribution < -0.4 is 4.74 Å². The molecule has 1 aromatic rings. The summed E-state index contributed by atoms with van der Waals surface area (Å²) in [7, 11) is 1.35. The van der Waals surface area contributed by atoms with Gasteiger partial charge in [0.1, 0.15) is 5.75 Å². The lowest BCUT2D eigenvalue weighted by molar-refractivity contribution is 0.00578. The van der Waals surface area contributed by atoms with E-state index in [1.807, 2.05) is 64.0 Å². The van der Waals surface area contributed by atoms with Gasteiger partial charge in [0.25, 0.3) is 0 Å². The molecule has 0 atom stereocenters. The Morgan fingerprint density at radius 1 is 1.11 bits per heavy atom. The second-order valence-electron chi connectivity index (χ2n) is 5.76. The topological polar surface area (TPSA) is 27.7 Å². The monoisotopic (exact) mass is 260 g/mol. The maximum atomic E-state index is 5.90. The molecule has 1 heterocycles. The van der Waals surface area contributed by atoms with Crippen molar-refractivity contribution in [2.75, 3.05) is 7.11 Å². The van der Waals surface area contributed by atoms with Crippen molar-refractivity contribution in [2.45, 2.75) is 38.9 Å². The molecule has 0 aliphatic carbocycles. The van der Waals surface area contributed by atoms with Crippen molar-refractivity contribution in [3.05, 3.63) is 35.8 Å². The molecule has 0 unspecified atom stereocenters. The fraction of sp³-hybridized carbons (Fsp3) is 0.467. The fourth-order valence-corrected chi connectivity index (χ4v) is 1.90. The molecule has 1 aromatic carbocycles. The Morgan fingerprint density at radius 3 is 2.32 bits per heavy atom. The smallest absolute Gasteiger partial charge is 0.487 e. The summed E-state index contributed by atoms with van der Waals surface area (Å²) in [5.74, 6) is 2.78. The molecule has 0 amide bonds. The van der Waals surface area contributed by atoms with E-state index in [9.17, 15) is 0 Å². The predicted molar refractivity (Wildman–Crippen MR) is 78.1 cm³/mol. The Morgan fingerprint density at radius 2 is 1.74 bits per heavy atom. The molecular weight excluding hydrogens is 239 g/mol. The van der Waals surface area contributed by atoms with Crippen LogP contribution in [0.4, 0.5) is 0 Å². The van der Waals surface area contributed by atoms with E-state index in [1.54, 1.807) is 7.11 Å². The second-order valence-corrected chi connectivity index (χ2v) is 5.76. The molecule has 1 aliphatic heterocycles. The normalized spacial score (nSPS) is 21.0. The highest BCUT2D eigenvalue weighted by molar-refractivity contribution is 6.52. The summed E-state index contributed by atoms with van der Waals surface area (Å²) in [6, 6.07) is 7.88. The van der Waals surface area contributed by atoms with Crippen molar-refractivity contribution in [1.29, 1.82) is 0 Å². The number of ether oxygens (including phenoxy) is 1. The third kappa shape index (κ3) is 3.02. The lowest BCUT2D eigenvalue weighted by atomic mass is 9.89. The highest BCUT2D eigenvalue weighted by atomic mass is 16.7. The first-order chi connectivity index (χ1) is 8.84. The zero-order valence-corrected chi connectivity index (χ0v) is 12.3. The molecule has 0 radical (unpaired) electrons. The first kappa shape index (κ1) is 14.2. The van der Waals surface area contributed by atoms with E-state index >= 15 is 0 Å². The second kappa shape index (κ2) is 5.02. The van der Waals surface area contributed by atoms with Gasteiger partial charge in [-0.25, -0.2) is 0 Å². The maximum absolute atomic E-state index is 5.90. The molecule has 1 fully saturated rings. The van der Waals surface area contributed by atoms with Crippen molar-refractivity contribution in [3.8, 4) is 5.75 Å². The fourth-order valence-electron chi connectivity index (χ4n) is 1.90. The third-order valence-corrected chi connectivity index (χ3v) is 3.81. The molecular formula is C15H21BO3. The van der Waals surface area contributed by atoms with Crippen molar-refractivity contribution >= 4 is 13.2 Å². The molecule has 0 bridgehead atoms. The molecule has 0 aromatic heterocycles. The van der Waals surface area contributed by atoms with Crippen LogP contribution in [0, 0.1) is 0 Å². The van der Waals surface area contributed by atoms with Gasteiger partial charge < -0.3 is 14.0 Å². The third-order valence-electron chi connectivity index (χ3n) is 3.81. The lowest BCUT2D eigenvalue weighted by Gasteiger charge is -2.32. The van der Waals surface area contributed by atoms with Crippen LogP contribution in [0.3, 0.4) is 0 Å². The summed E-state index contributed by atoms with van der Waals surface area (Å²) >= 11 is 0. The summed E-state index contributed by atoms with van der Waals surface area (Å²) < 4.78 is 17.0. The summed E-state index contributed by atoms with van der Waals surface area (Å²) in [4.78, 5) is 0. The molecule has 0 saturated carbocycles. The Balaban J connectivity index is 2.08. The molecule has 2 rings (SSSR count). The first-order valence-electron chi connectivity index (χ1n) is 6.52. The molecule has 0 spiro atoms. The first-order valence-corrected chi connectivity index (χ1v) is 6.52. The predicted octanol–water partition coefficient (Wildman–Crippen LogP) is 3.34. The van der Waals surface area contributed by atoms with Crippen molar-refractivity contribution in [3.63, 3.8) is 0 Å². The summed E-state index contributed by atoms with van der Waals surface area (Å²) in [6.45, 7) is 8.19. The largest absolute Gasteiger partial charge is 0.497 e. The van der Waals surface area contributed by atoms with Crippen LogP contribution in [0.1, 0.15) is 33.3 Å². The number of methoxy groups -OCH3 is 1. The van der Waals surface area contributed by atoms with E-state index in [1.165, 1.54) is 0 Å². The van der Waals surface area contributed by atoms with Gasteiger partial charge in [0.05, 0.1) is 18.3 Å². The minimum Gasteiger partial charge on any atom is -0.497 e. The minimum absolute atomic E-state index is 0.295. The summed E-state index contributed by atoms with van der Waals surface area (Å²) in [5.41, 5.74) is 0.473. The van der Waals surface area contributed by atoms with Gasteiger partial charge in [-0.3, -0.25) is 0 Å². The zero-order chi connectivity index (χ0) is 14.1. The van der Waals surface area contributed by atoms with Crippen molar-refractivity contribution < 1.29 is 14.0 Å². The molecule has 0 N–H and O–H groups in total. The van der Waals surface area contributed by atoms with E-state index in [0.29, 0.717) is 0 Å². The van der Waals surface area contributed by atoms with Crippen LogP contribution in [0.5, 0.6) is 5.75 Å². The molecule has 3 nitrogen and oxygen atoms in total. The van der Waals surface area contributed by atoms with Gasteiger partial charge in [-0.05, 0) is 45.4 Å². The Bertz CT molecular complexity index is 464. The number of benzene rings is 1. The molecule has 4 heteroatoms. The average Bonchev–Trinajstić information content (AvgIpc) is 2.56. The standard InChI is InChI=1S/C15H21BO3/c1-14(2)15(3,4)19-16(18-14)10-9-12-7-6-8-13(11-12)17-5/h6-11H,1-5H3/b10-9+. The molecule has 19 heavy (non-hydrogen) atoms. The van der Waals surface area contributed by atoms with Crippen LogP contribution in [-0.4, -0.2) is 25.4 Å². The average molecular weight is 260 g/mol. The number of hydrogen-bond acceptors (Lipinski definition) is 3. The zero-order valence-electron chi connectivity index (χ0n) is 12.3. The van der Waals surface area contributed by atoms with Gasteiger partial charge in [0, 0.05) is 0 Å². The van der Waals surface area contributed by atoms with Gasteiger partial charge in [-0.15, -0.1) is 0 Å². The Kier molecular flexibility index (Phi) is 3.74. The van der Waals surface area contributed by atoms with Gasteiger partial charge >= 0.3 is 7.12 Å². The molecule has 1 saturated heterocycles. The van der Waals surface area contributed by atoms with Crippen LogP contribution in [0.25, 0.3) is 6.08 Å². The van der Waals surface area contributed by atoms with Gasteiger partial charge in [0.15, 0.2) is 0 Å². The number of hydrogen-bond donors (Lipinski definition) is 0. The maximum Gasteiger partial charge on any atom is 0.487 e. The van der Waals surface area contributed by atoms with Crippen LogP contribution in [0.15, 0.2) is 30.2 Å². The van der Waals surface area contributed by atoms with E-state index in [2.05, 4.69) is 0 Å². The van der Waals surface area contributed by atoms with Crippen molar-refractivity contribution in [2.24, 2.45) is 0 Å². The van der Waals surface area contributed by atoms with E-state index in [4.69, 9.17) is 14.0 Å². The Labute approximate surface area is 115 Å². The highest BCUT2D eigenvalue weighted by Gasteiger charge is 2.49. The van der Waals surface area contributed by atoms with Crippen molar-refractivity contribution in [1.82, 2.24) is 0 Å². The minimum atomic E-state index is -0.309. The molecule has 102 valence electrons. The lowest BCUT2D eigenvalue weighted by Crippen LogP contribution is -2.41. The van der Waals surface area contributed by atoms with Gasteiger partial charge in [0.2, 0.25) is 0 Å². The Hall–Kier alpha value is -1.26. The molecule has 1 aliphatic rings. The SMILES string of the molecule is COc1cccc(/C=C/B2OC(C)(C)C(C)(C)O2)c1. The number of rotatable bonds is 3. The van der Waals surface area contributed by atoms with Crippen LogP contribution in [0.2, 0.25) is 0 Å². The van der Waals surface area contributed by atoms with E-state index in [0.717, 1.165) is 11.3 Å². The quantitative estimate of drug-likeness (QED) is 0.780. The highest BCUT2D eigenvalue weighted by Crippen LogP contribution is 2.37.